The Morgan fingerprint density at radius 1 is 1.00 bits per heavy atom. The van der Waals surface area contributed by atoms with E-state index >= 15 is 0 Å². The van der Waals surface area contributed by atoms with Crippen molar-refractivity contribution in [3.8, 4) is 5.69 Å². The number of thioether (sulfide) groups is 1. The fraction of sp³-hybridized carbons (Fsp3) is 0.0952. The quantitative estimate of drug-likeness (QED) is 0.319. The van der Waals surface area contributed by atoms with Crippen LogP contribution in [0.15, 0.2) is 75.4 Å². The van der Waals surface area contributed by atoms with E-state index in [-0.39, 0.29) is 11.1 Å². The molecule has 30 heavy (non-hydrogen) atoms. The summed E-state index contributed by atoms with van der Waals surface area (Å²) in [4.78, 5) is 35.4. The number of aromatic nitrogens is 5. The minimum atomic E-state index is -0.216. The van der Waals surface area contributed by atoms with Crippen molar-refractivity contribution in [2.24, 2.45) is 0 Å². The molecular formula is C21H15N5O2S2. The van der Waals surface area contributed by atoms with Crippen molar-refractivity contribution in [1.82, 2.24) is 24.1 Å². The van der Waals surface area contributed by atoms with Gasteiger partial charge in [-0.2, -0.15) is 9.61 Å². The molecule has 3 aromatic heterocycles. The third-order valence-corrected chi connectivity index (χ3v) is 6.30. The summed E-state index contributed by atoms with van der Waals surface area (Å²) in [6.07, 6.45) is 0. The van der Waals surface area contributed by atoms with Gasteiger partial charge in [-0.15, -0.1) is 0 Å². The van der Waals surface area contributed by atoms with Gasteiger partial charge < -0.3 is 0 Å². The Bertz CT molecular complexity index is 1510. The zero-order valence-corrected chi connectivity index (χ0v) is 17.5. The van der Waals surface area contributed by atoms with Crippen LogP contribution in [-0.2, 0) is 5.75 Å². The van der Waals surface area contributed by atoms with Crippen molar-refractivity contribution < 1.29 is 0 Å². The Balaban J connectivity index is 1.60. The highest BCUT2D eigenvalue weighted by atomic mass is 32.2. The highest BCUT2D eigenvalue weighted by Gasteiger charge is 2.14. The molecule has 0 unspecified atom stereocenters. The summed E-state index contributed by atoms with van der Waals surface area (Å²) in [6, 6.07) is 18.2. The van der Waals surface area contributed by atoms with Crippen molar-refractivity contribution in [3.63, 3.8) is 0 Å². The van der Waals surface area contributed by atoms with Crippen LogP contribution in [0.5, 0.6) is 0 Å². The summed E-state index contributed by atoms with van der Waals surface area (Å²) in [6.45, 7) is 1.84. The topological polar surface area (TPSA) is 82.2 Å². The van der Waals surface area contributed by atoms with Gasteiger partial charge in [0.1, 0.15) is 5.01 Å². The second kappa shape index (κ2) is 7.51. The molecule has 5 aromatic rings. The number of rotatable bonds is 4. The van der Waals surface area contributed by atoms with Crippen LogP contribution in [0.3, 0.4) is 0 Å². The van der Waals surface area contributed by atoms with Gasteiger partial charge in [-0.05, 0) is 31.2 Å². The van der Waals surface area contributed by atoms with Crippen LogP contribution in [-0.4, -0.2) is 24.1 Å². The molecule has 0 N–H and O–H groups in total. The average Bonchev–Trinajstić information content (AvgIpc) is 3.14. The molecule has 5 rings (SSSR count). The van der Waals surface area contributed by atoms with E-state index in [1.165, 1.54) is 33.7 Å². The van der Waals surface area contributed by atoms with Crippen molar-refractivity contribution in [3.05, 3.63) is 92.1 Å². The third kappa shape index (κ3) is 3.31. The maximum absolute atomic E-state index is 13.2. The van der Waals surface area contributed by atoms with Crippen LogP contribution < -0.4 is 11.1 Å². The highest BCUT2D eigenvalue weighted by Crippen LogP contribution is 2.24. The molecule has 9 heteroatoms. The Hall–Kier alpha value is -3.30. The smallest absolute Gasteiger partial charge is 0.268 e. The number of fused-ring (bicyclic) bond motifs is 2. The second-order valence-electron chi connectivity index (χ2n) is 6.58. The first-order valence-electron chi connectivity index (χ1n) is 9.16. The number of hydrogen-bond donors (Lipinski definition) is 0. The van der Waals surface area contributed by atoms with Gasteiger partial charge in [0.15, 0.2) is 5.16 Å². The molecule has 0 aliphatic carbocycles. The fourth-order valence-electron chi connectivity index (χ4n) is 3.18. The Labute approximate surface area is 178 Å². The number of aryl methyl sites for hydroxylation is 1. The normalized spacial score (nSPS) is 11.4. The molecule has 0 radical (unpaired) electrons. The Kier molecular flexibility index (Phi) is 4.68. The number of hydrogen-bond acceptors (Lipinski definition) is 7. The van der Waals surface area contributed by atoms with Crippen LogP contribution in [0.2, 0.25) is 0 Å². The largest absolute Gasteiger partial charge is 0.275 e. The molecule has 7 nitrogen and oxygen atoms in total. The summed E-state index contributed by atoms with van der Waals surface area (Å²) < 4.78 is 2.91. The molecule has 0 bridgehead atoms. The molecule has 148 valence electrons. The molecule has 0 atom stereocenters. The van der Waals surface area contributed by atoms with E-state index in [9.17, 15) is 9.59 Å². The van der Waals surface area contributed by atoms with E-state index in [0.717, 1.165) is 10.7 Å². The summed E-state index contributed by atoms with van der Waals surface area (Å²) in [7, 11) is 0. The van der Waals surface area contributed by atoms with Gasteiger partial charge >= 0.3 is 0 Å². The van der Waals surface area contributed by atoms with Gasteiger partial charge in [0.05, 0.1) is 22.3 Å². The third-order valence-electron chi connectivity index (χ3n) is 4.51. The molecular weight excluding hydrogens is 418 g/mol. The monoisotopic (exact) mass is 433 g/mol. The van der Waals surface area contributed by atoms with Crippen molar-refractivity contribution in [2.75, 3.05) is 0 Å². The molecule has 0 saturated heterocycles. The minimum absolute atomic E-state index is 0.129. The van der Waals surface area contributed by atoms with Crippen LogP contribution in [0, 0.1) is 6.92 Å². The van der Waals surface area contributed by atoms with E-state index in [4.69, 9.17) is 4.98 Å². The van der Waals surface area contributed by atoms with Crippen LogP contribution in [0.1, 0.15) is 10.7 Å². The van der Waals surface area contributed by atoms with Gasteiger partial charge in [-0.25, -0.2) is 9.97 Å². The van der Waals surface area contributed by atoms with Gasteiger partial charge in [0.25, 0.3) is 11.1 Å². The lowest BCUT2D eigenvalue weighted by Gasteiger charge is -2.13. The molecule has 0 aliphatic heterocycles. The molecule has 0 amide bonds. The van der Waals surface area contributed by atoms with Gasteiger partial charge in [-0.1, -0.05) is 53.4 Å². The van der Waals surface area contributed by atoms with Crippen molar-refractivity contribution in [1.29, 1.82) is 0 Å². The summed E-state index contributed by atoms with van der Waals surface area (Å²) >= 11 is 2.74. The van der Waals surface area contributed by atoms with Crippen molar-refractivity contribution >= 4 is 39.0 Å². The van der Waals surface area contributed by atoms with E-state index in [1.807, 2.05) is 55.5 Å². The van der Waals surface area contributed by atoms with Crippen LogP contribution in [0.4, 0.5) is 0 Å². The number of nitrogens with zero attached hydrogens (tertiary/aromatic N) is 5. The maximum atomic E-state index is 13.2. The van der Waals surface area contributed by atoms with E-state index in [1.54, 1.807) is 10.6 Å². The second-order valence-corrected chi connectivity index (χ2v) is 8.68. The highest BCUT2D eigenvalue weighted by molar-refractivity contribution is 7.98. The fourth-order valence-corrected chi connectivity index (χ4v) is 4.85. The lowest BCUT2D eigenvalue weighted by molar-refractivity contribution is 0.818. The molecule has 3 heterocycles. The Morgan fingerprint density at radius 2 is 1.77 bits per heavy atom. The van der Waals surface area contributed by atoms with Gasteiger partial charge in [0, 0.05) is 11.8 Å². The van der Waals surface area contributed by atoms with Gasteiger partial charge in [0.2, 0.25) is 4.96 Å². The predicted molar refractivity (Wildman–Crippen MR) is 119 cm³/mol. The van der Waals surface area contributed by atoms with Gasteiger partial charge in [-0.3, -0.25) is 14.2 Å². The first-order chi connectivity index (χ1) is 14.6. The zero-order chi connectivity index (χ0) is 20.7. The van der Waals surface area contributed by atoms with Crippen LogP contribution in [0.25, 0.3) is 21.6 Å². The Morgan fingerprint density at radius 3 is 2.60 bits per heavy atom. The van der Waals surface area contributed by atoms with E-state index in [0.29, 0.717) is 32.5 Å². The zero-order valence-electron chi connectivity index (χ0n) is 15.8. The molecule has 0 fully saturated rings. The first kappa shape index (κ1) is 18.7. The first-order valence-corrected chi connectivity index (χ1v) is 11.0. The molecule has 2 aromatic carbocycles. The average molecular weight is 434 g/mol. The molecule has 0 spiro atoms. The summed E-state index contributed by atoms with van der Waals surface area (Å²) in [5.41, 5.74) is 1.65. The standard InChI is InChI=1S/C21H15N5O2S2/c1-13-24-26-18(27)11-14(22-21(26)30-13)12-29-20-23-17-10-6-5-9-16(17)19(28)25(20)15-7-3-2-4-8-15/h2-11H,12H2,1H3. The number of para-hydroxylation sites is 2. The van der Waals surface area contributed by atoms with Crippen molar-refractivity contribution in [2.45, 2.75) is 17.8 Å². The van der Waals surface area contributed by atoms with E-state index < -0.39 is 0 Å². The predicted octanol–water partition coefficient (Wildman–Crippen LogP) is 3.45. The van der Waals surface area contributed by atoms with E-state index in [2.05, 4.69) is 10.1 Å². The summed E-state index contributed by atoms with van der Waals surface area (Å²) in [5.74, 6) is 0.403. The summed E-state index contributed by atoms with van der Waals surface area (Å²) in [5, 5.41) is 6.05. The molecule has 0 saturated carbocycles. The lowest BCUT2D eigenvalue weighted by Crippen LogP contribution is -2.21. The minimum Gasteiger partial charge on any atom is -0.268 e. The van der Waals surface area contributed by atoms with Crippen LogP contribution >= 0.6 is 23.1 Å². The SMILES string of the molecule is Cc1nn2c(=O)cc(CSc3nc4ccccc4c(=O)n3-c3ccccc3)nc2s1. The lowest BCUT2D eigenvalue weighted by atomic mass is 10.2. The number of benzene rings is 2. The molecule has 0 aliphatic rings. The maximum Gasteiger partial charge on any atom is 0.275 e.